The molecule has 2 heterocycles. The van der Waals surface area contributed by atoms with E-state index in [4.69, 9.17) is 10.2 Å². The standard InChI is InChI=1S/C19H14N4O4S/c1-10-4-2-3-5-14(10)21-19-22-15(9-28-19)12-8-11-6-7-13(20)16(23(25)26)17(11)27-18(12)24/h2-9H,20H2,1H3,(H,21,22). The highest BCUT2D eigenvalue weighted by molar-refractivity contribution is 7.14. The van der Waals surface area contributed by atoms with Crippen molar-refractivity contribution in [2.24, 2.45) is 0 Å². The highest BCUT2D eigenvalue weighted by Crippen LogP contribution is 2.33. The Morgan fingerprint density at radius 2 is 2.04 bits per heavy atom. The van der Waals surface area contributed by atoms with E-state index in [9.17, 15) is 14.9 Å². The number of nitro benzene ring substituents is 1. The molecule has 0 aliphatic carbocycles. The summed E-state index contributed by atoms with van der Waals surface area (Å²) in [7, 11) is 0. The van der Waals surface area contributed by atoms with Gasteiger partial charge in [0, 0.05) is 16.5 Å². The summed E-state index contributed by atoms with van der Waals surface area (Å²) < 4.78 is 5.23. The van der Waals surface area contributed by atoms with Gasteiger partial charge in [-0.05, 0) is 36.8 Å². The molecule has 0 atom stereocenters. The highest BCUT2D eigenvalue weighted by Gasteiger charge is 2.21. The third-order valence-electron chi connectivity index (χ3n) is 4.26. The Morgan fingerprint density at radius 1 is 1.25 bits per heavy atom. The number of aryl methyl sites for hydroxylation is 1. The third-order valence-corrected chi connectivity index (χ3v) is 5.01. The molecule has 0 fully saturated rings. The number of nitro groups is 1. The summed E-state index contributed by atoms with van der Waals surface area (Å²) in [6, 6.07) is 12.3. The van der Waals surface area contributed by atoms with Gasteiger partial charge in [0.05, 0.1) is 16.2 Å². The van der Waals surface area contributed by atoms with Crippen LogP contribution in [0.15, 0.2) is 57.1 Å². The largest absolute Gasteiger partial charge is 0.415 e. The van der Waals surface area contributed by atoms with E-state index in [0.29, 0.717) is 16.2 Å². The average Bonchev–Trinajstić information content (AvgIpc) is 3.11. The van der Waals surface area contributed by atoms with Gasteiger partial charge in [-0.2, -0.15) is 0 Å². The minimum Gasteiger partial charge on any atom is -0.415 e. The molecule has 4 rings (SSSR count). The Kier molecular flexibility index (Phi) is 4.28. The van der Waals surface area contributed by atoms with Crippen LogP contribution in [-0.2, 0) is 0 Å². The molecule has 0 saturated heterocycles. The summed E-state index contributed by atoms with van der Waals surface area (Å²) in [5.41, 5.74) is 6.95. The molecule has 2 aromatic heterocycles. The van der Waals surface area contributed by atoms with Crippen LogP contribution in [0.5, 0.6) is 0 Å². The number of fused-ring (bicyclic) bond motifs is 1. The van der Waals surface area contributed by atoms with Crippen LogP contribution in [0.25, 0.3) is 22.2 Å². The topological polar surface area (TPSA) is 124 Å². The van der Waals surface area contributed by atoms with Crippen molar-refractivity contribution < 1.29 is 9.34 Å². The predicted molar refractivity (Wildman–Crippen MR) is 109 cm³/mol. The van der Waals surface area contributed by atoms with Crippen LogP contribution in [-0.4, -0.2) is 9.91 Å². The Labute approximate surface area is 162 Å². The molecule has 3 N–H and O–H groups in total. The van der Waals surface area contributed by atoms with Crippen LogP contribution >= 0.6 is 11.3 Å². The smallest absolute Gasteiger partial charge is 0.346 e. The van der Waals surface area contributed by atoms with Crippen LogP contribution in [0.2, 0.25) is 0 Å². The third kappa shape index (κ3) is 3.08. The van der Waals surface area contributed by atoms with Gasteiger partial charge in [0.15, 0.2) is 5.13 Å². The molecule has 140 valence electrons. The zero-order valence-electron chi connectivity index (χ0n) is 14.6. The summed E-state index contributed by atoms with van der Waals surface area (Å²) in [5.74, 6) is 0. The minimum atomic E-state index is -0.714. The van der Waals surface area contributed by atoms with E-state index in [-0.39, 0.29) is 16.8 Å². The second-order valence-corrected chi connectivity index (χ2v) is 6.96. The van der Waals surface area contributed by atoms with Gasteiger partial charge < -0.3 is 15.5 Å². The molecular weight excluding hydrogens is 380 g/mol. The van der Waals surface area contributed by atoms with Crippen molar-refractivity contribution >= 4 is 44.5 Å². The van der Waals surface area contributed by atoms with Gasteiger partial charge in [-0.25, -0.2) is 9.78 Å². The Balaban J connectivity index is 1.76. The van der Waals surface area contributed by atoms with Crippen molar-refractivity contribution in [2.75, 3.05) is 11.1 Å². The van der Waals surface area contributed by atoms with Gasteiger partial charge in [-0.1, -0.05) is 18.2 Å². The maximum Gasteiger partial charge on any atom is 0.346 e. The molecule has 8 nitrogen and oxygen atoms in total. The first kappa shape index (κ1) is 17.7. The maximum absolute atomic E-state index is 12.5. The lowest BCUT2D eigenvalue weighted by atomic mass is 10.1. The van der Waals surface area contributed by atoms with E-state index in [1.54, 1.807) is 11.4 Å². The van der Waals surface area contributed by atoms with Crippen molar-refractivity contribution in [1.82, 2.24) is 4.98 Å². The number of para-hydroxylation sites is 1. The fraction of sp³-hybridized carbons (Fsp3) is 0.0526. The number of rotatable bonds is 4. The molecule has 0 unspecified atom stereocenters. The van der Waals surface area contributed by atoms with Gasteiger partial charge in [-0.15, -0.1) is 11.3 Å². The van der Waals surface area contributed by atoms with E-state index < -0.39 is 16.2 Å². The monoisotopic (exact) mass is 394 g/mol. The predicted octanol–water partition coefficient (Wildman–Crippen LogP) is 4.46. The molecule has 0 amide bonds. The highest BCUT2D eigenvalue weighted by atomic mass is 32.1. The molecule has 28 heavy (non-hydrogen) atoms. The van der Waals surface area contributed by atoms with E-state index >= 15 is 0 Å². The van der Waals surface area contributed by atoms with Crippen LogP contribution < -0.4 is 16.7 Å². The molecule has 0 bridgehead atoms. The van der Waals surface area contributed by atoms with Crippen molar-refractivity contribution in [3.63, 3.8) is 0 Å². The first-order valence-electron chi connectivity index (χ1n) is 8.23. The minimum absolute atomic E-state index is 0.0632. The SMILES string of the molecule is Cc1ccccc1Nc1nc(-c2cc3ccc(N)c([N+](=O)[O-])c3oc2=O)cs1. The summed E-state index contributed by atoms with van der Waals surface area (Å²) in [6.07, 6.45) is 0. The van der Waals surface area contributed by atoms with E-state index in [1.807, 2.05) is 31.2 Å². The molecule has 0 aliphatic rings. The summed E-state index contributed by atoms with van der Waals surface area (Å²) in [6.45, 7) is 1.98. The number of thiazole rings is 1. The lowest BCUT2D eigenvalue weighted by molar-refractivity contribution is -0.382. The van der Waals surface area contributed by atoms with Gasteiger partial charge in [0.1, 0.15) is 5.69 Å². The molecule has 2 aromatic carbocycles. The molecule has 0 radical (unpaired) electrons. The molecule has 9 heteroatoms. The zero-order valence-corrected chi connectivity index (χ0v) is 15.4. The number of nitrogens with one attached hydrogen (secondary N) is 1. The Hall–Kier alpha value is -3.72. The first-order valence-corrected chi connectivity index (χ1v) is 9.11. The van der Waals surface area contributed by atoms with E-state index in [0.717, 1.165) is 11.3 Å². The van der Waals surface area contributed by atoms with Gasteiger partial charge >= 0.3 is 11.3 Å². The quantitative estimate of drug-likeness (QED) is 0.227. The molecule has 0 saturated carbocycles. The second-order valence-electron chi connectivity index (χ2n) is 6.10. The second kappa shape index (κ2) is 6.78. The molecule has 4 aromatic rings. The number of hydrogen-bond acceptors (Lipinski definition) is 8. The number of nitrogen functional groups attached to an aromatic ring is 1. The lowest BCUT2D eigenvalue weighted by Crippen LogP contribution is -2.05. The van der Waals surface area contributed by atoms with Gasteiger partial charge in [0.2, 0.25) is 5.58 Å². The Bertz CT molecular complexity index is 1280. The van der Waals surface area contributed by atoms with Gasteiger partial charge in [-0.3, -0.25) is 10.1 Å². The van der Waals surface area contributed by atoms with E-state index in [1.165, 1.54) is 23.5 Å². The fourth-order valence-electron chi connectivity index (χ4n) is 2.84. The average molecular weight is 394 g/mol. The zero-order chi connectivity index (χ0) is 19.8. The molecule has 0 aliphatic heterocycles. The number of nitrogens with two attached hydrogens (primary N) is 1. The van der Waals surface area contributed by atoms with Crippen LogP contribution in [0.4, 0.5) is 22.2 Å². The summed E-state index contributed by atoms with van der Waals surface area (Å²) >= 11 is 1.34. The molecular formula is C19H14N4O4S. The number of benzene rings is 2. The number of anilines is 3. The number of nitrogens with zero attached hydrogens (tertiary/aromatic N) is 2. The number of hydrogen-bond donors (Lipinski definition) is 2. The van der Waals surface area contributed by atoms with Crippen LogP contribution in [0.3, 0.4) is 0 Å². The normalized spacial score (nSPS) is 10.9. The summed E-state index contributed by atoms with van der Waals surface area (Å²) in [5, 5.41) is 17.2. The van der Waals surface area contributed by atoms with Crippen molar-refractivity contribution in [1.29, 1.82) is 0 Å². The van der Waals surface area contributed by atoms with Crippen molar-refractivity contribution in [3.8, 4) is 11.3 Å². The summed E-state index contributed by atoms with van der Waals surface area (Å²) in [4.78, 5) is 27.5. The van der Waals surface area contributed by atoms with Crippen LogP contribution in [0, 0.1) is 17.0 Å². The first-order chi connectivity index (χ1) is 13.4. The lowest BCUT2D eigenvalue weighted by Gasteiger charge is -2.05. The van der Waals surface area contributed by atoms with Gasteiger partial charge in [0.25, 0.3) is 0 Å². The van der Waals surface area contributed by atoms with Crippen molar-refractivity contribution in [2.45, 2.75) is 6.92 Å². The maximum atomic E-state index is 12.5. The Morgan fingerprint density at radius 3 is 2.79 bits per heavy atom. The number of aromatic nitrogens is 1. The molecule has 0 spiro atoms. The van der Waals surface area contributed by atoms with Crippen molar-refractivity contribution in [3.05, 3.63) is 73.9 Å². The fourth-order valence-corrected chi connectivity index (χ4v) is 3.56. The van der Waals surface area contributed by atoms with E-state index in [2.05, 4.69) is 10.3 Å². The van der Waals surface area contributed by atoms with Crippen LogP contribution in [0.1, 0.15) is 5.56 Å².